The fourth-order valence-corrected chi connectivity index (χ4v) is 3.69. The van der Waals surface area contributed by atoms with E-state index in [1.165, 1.54) is 19.0 Å². The largest absolute Gasteiger partial charge is 0.303 e. The predicted molar refractivity (Wildman–Crippen MR) is 78.0 cm³/mol. The average molecular weight is 300 g/mol. The summed E-state index contributed by atoms with van der Waals surface area (Å²) >= 11 is 0. The summed E-state index contributed by atoms with van der Waals surface area (Å²) in [5, 5.41) is 6.39. The van der Waals surface area contributed by atoms with Gasteiger partial charge in [-0.05, 0) is 51.7 Å². The lowest BCUT2D eigenvalue weighted by molar-refractivity contribution is 0.191. The minimum absolute atomic E-state index is 0.240. The van der Waals surface area contributed by atoms with Crippen molar-refractivity contribution in [3.8, 4) is 0 Å². The standard InChI is InChI=1S/C13H24N4O2S/c1-11-4-8-17(9-5-11)7-3-6-15-20(18,19)13-10-14-16-12(13)2/h10-11,15H,3-9H2,1-2H3,(H,14,16). The molecule has 0 bridgehead atoms. The summed E-state index contributed by atoms with van der Waals surface area (Å²) in [6.45, 7) is 7.69. The van der Waals surface area contributed by atoms with Crippen molar-refractivity contribution in [2.45, 2.75) is 38.0 Å². The third kappa shape index (κ3) is 4.04. The molecule has 0 aliphatic carbocycles. The Bertz CT molecular complexity index is 518. The van der Waals surface area contributed by atoms with Crippen LogP contribution in [0.4, 0.5) is 0 Å². The summed E-state index contributed by atoms with van der Waals surface area (Å²) in [4.78, 5) is 2.65. The van der Waals surface area contributed by atoms with E-state index >= 15 is 0 Å². The van der Waals surface area contributed by atoms with Gasteiger partial charge in [0.1, 0.15) is 4.90 Å². The highest BCUT2D eigenvalue weighted by Crippen LogP contribution is 2.16. The van der Waals surface area contributed by atoms with Crippen LogP contribution in [-0.4, -0.2) is 49.7 Å². The van der Waals surface area contributed by atoms with Crippen molar-refractivity contribution in [1.29, 1.82) is 0 Å². The third-order valence-corrected chi connectivity index (χ3v) is 5.47. The van der Waals surface area contributed by atoms with Crippen molar-refractivity contribution in [2.24, 2.45) is 5.92 Å². The second-order valence-electron chi connectivity index (χ2n) is 5.63. The molecule has 2 rings (SSSR count). The minimum atomic E-state index is -3.42. The maximum Gasteiger partial charge on any atom is 0.243 e. The summed E-state index contributed by atoms with van der Waals surface area (Å²) in [5.41, 5.74) is 0.572. The number of piperidine rings is 1. The number of aromatic nitrogens is 2. The van der Waals surface area contributed by atoms with Crippen LogP contribution >= 0.6 is 0 Å². The molecule has 0 unspecified atom stereocenters. The molecular formula is C13H24N4O2S. The Morgan fingerprint density at radius 1 is 1.45 bits per heavy atom. The molecule has 7 heteroatoms. The molecule has 114 valence electrons. The zero-order valence-corrected chi connectivity index (χ0v) is 13.0. The van der Waals surface area contributed by atoms with Crippen LogP contribution in [0, 0.1) is 12.8 Å². The Hall–Kier alpha value is -0.920. The first-order chi connectivity index (χ1) is 9.49. The van der Waals surface area contributed by atoms with E-state index < -0.39 is 10.0 Å². The molecule has 1 fully saturated rings. The molecule has 1 aliphatic rings. The number of sulfonamides is 1. The van der Waals surface area contributed by atoms with Crippen LogP contribution in [0.1, 0.15) is 31.9 Å². The highest BCUT2D eigenvalue weighted by molar-refractivity contribution is 7.89. The number of hydrogen-bond acceptors (Lipinski definition) is 4. The third-order valence-electron chi connectivity index (χ3n) is 3.89. The number of H-pyrrole nitrogens is 1. The van der Waals surface area contributed by atoms with E-state index in [1.54, 1.807) is 6.92 Å². The molecule has 6 nitrogen and oxygen atoms in total. The molecule has 0 atom stereocenters. The van der Waals surface area contributed by atoms with E-state index in [0.717, 1.165) is 32.0 Å². The molecule has 2 N–H and O–H groups in total. The highest BCUT2D eigenvalue weighted by Gasteiger charge is 2.18. The van der Waals surface area contributed by atoms with Gasteiger partial charge in [-0.2, -0.15) is 5.10 Å². The highest BCUT2D eigenvalue weighted by atomic mass is 32.2. The predicted octanol–water partition coefficient (Wildman–Crippen LogP) is 1.12. The Morgan fingerprint density at radius 2 is 2.15 bits per heavy atom. The van der Waals surface area contributed by atoms with E-state index in [2.05, 4.69) is 26.7 Å². The van der Waals surface area contributed by atoms with Gasteiger partial charge in [0.05, 0.1) is 11.9 Å². The topological polar surface area (TPSA) is 78.1 Å². The van der Waals surface area contributed by atoms with Gasteiger partial charge in [0, 0.05) is 6.54 Å². The van der Waals surface area contributed by atoms with E-state index in [1.807, 2.05) is 0 Å². The molecule has 1 aromatic heterocycles. The van der Waals surface area contributed by atoms with Crippen molar-refractivity contribution in [1.82, 2.24) is 19.8 Å². The first kappa shape index (κ1) is 15.5. The van der Waals surface area contributed by atoms with Crippen LogP contribution in [0.25, 0.3) is 0 Å². The zero-order valence-electron chi connectivity index (χ0n) is 12.2. The Labute approximate surface area is 121 Å². The van der Waals surface area contributed by atoms with Crippen LogP contribution < -0.4 is 4.72 Å². The van der Waals surface area contributed by atoms with E-state index in [-0.39, 0.29) is 4.90 Å². The van der Waals surface area contributed by atoms with E-state index in [0.29, 0.717) is 12.2 Å². The maximum atomic E-state index is 12.0. The summed E-state index contributed by atoms with van der Waals surface area (Å²) in [7, 11) is -3.42. The molecular weight excluding hydrogens is 276 g/mol. The average Bonchev–Trinajstić information content (AvgIpc) is 2.84. The lowest BCUT2D eigenvalue weighted by Crippen LogP contribution is -2.35. The van der Waals surface area contributed by atoms with Crippen molar-refractivity contribution in [3.63, 3.8) is 0 Å². The molecule has 1 saturated heterocycles. The second-order valence-corrected chi connectivity index (χ2v) is 7.37. The first-order valence-corrected chi connectivity index (χ1v) is 8.69. The summed E-state index contributed by atoms with van der Waals surface area (Å²) in [6.07, 6.45) is 4.69. The Balaban J connectivity index is 1.72. The Kier molecular flexibility index (Phi) is 5.17. The molecule has 1 aliphatic heterocycles. The second kappa shape index (κ2) is 6.69. The minimum Gasteiger partial charge on any atom is -0.303 e. The van der Waals surface area contributed by atoms with E-state index in [9.17, 15) is 8.42 Å². The van der Waals surface area contributed by atoms with Crippen molar-refractivity contribution < 1.29 is 8.42 Å². The molecule has 0 saturated carbocycles. The van der Waals surface area contributed by atoms with Gasteiger partial charge in [-0.3, -0.25) is 5.10 Å². The summed E-state index contributed by atoms with van der Waals surface area (Å²) in [5.74, 6) is 0.828. The van der Waals surface area contributed by atoms with Crippen LogP contribution in [0.3, 0.4) is 0 Å². The van der Waals surface area contributed by atoms with Gasteiger partial charge in [-0.1, -0.05) is 6.92 Å². The van der Waals surface area contributed by atoms with Gasteiger partial charge in [0.25, 0.3) is 0 Å². The lowest BCUT2D eigenvalue weighted by atomic mass is 9.99. The van der Waals surface area contributed by atoms with Gasteiger partial charge in [0.2, 0.25) is 10.0 Å². The first-order valence-electron chi connectivity index (χ1n) is 7.21. The number of nitrogens with zero attached hydrogens (tertiary/aromatic N) is 2. The number of rotatable bonds is 6. The fourth-order valence-electron chi connectivity index (χ4n) is 2.48. The van der Waals surface area contributed by atoms with Crippen LogP contribution in [0.15, 0.2) is 11.1 Å². The van der Waals surface area contributed by atoms with Gasteiger partial charge >= 0.3 is 0 Å². The molecule has 20 heavy (non-hydrogen) atoms. The van der Waals surface area contributed by atoms with Gasteiger partial charge in [0.15, 0.2) is 0 Å². The molecule has 0 aromatic carbocycles. The van der Waals surface area contributed by atoms with Crippen LogP contribution in [0.5, 0.6) is 0 Å². The number of likely N-dealkylation sites (tertiary alicyclic amines) is 1. The lowest BCUT2D eigenvalue weighted by Gasteiger charge is -2.30. The fraction of sp³-hybridized carbons (Fsp3) is 0.769. The van der Waals surface area contributed by atoms with E-state index in [4.69, 9.17) is 0 Å². The van der Waals surface area contributed by atoms with Gasteiger partial charge < -0.3 is 4.90 Å². The van der Waals surface area contributed by atoms with Crippen LogP contribution in [-0.2, 0) is 10.0 Å². The maximum absolute atomic E-state index is 12.0. The molecule has 0 radical (unpaired) electrons. The van der Waals surface area contributed by atoms with Gasteiger partial charge in [-0.25, -0.2) is 13.1 Å². The number of hydrogen-bond donors (Lipinski definition) is 2. The smallest absolute Gasteiger partial charge is 0.243 e. The molecule has 1 aromatic rings. The van der Waals surface area contributed by atoms with Crippen molar-refractivity contribution >= 4 is 10.0 Å². The normalized spacial score (nSPS) is 18.5. The number of aryl methyl sites for hydroxylation is 1. The molecule has 0 amide bonds. The molecule has 0 spiro atoms. The SMILES string of the molecule is Cc1[nH]ncc1S(=O)(=O)NCCCN1CCC(C)CC1. The molecule has 2 heterocycles. The quantitative estimate of drug-likeness (QED) is 0.772. The zero-order chi connectivity index (χ0) is 14.6. The summed E-state index contributed by atoms with van der Waals surface area (Å²) < 4.78 is 26.7. The monoisotopic (exact) mass is 300 g/mol. The van der Waals surface area contributed by atoms with Crippen molar-refractivity contribution in [3.05, 3.63) is 11.9 Å². The van der Waals surface area contributed by atoms with Gasteiger partial charge in [-0.15, -0.1) is 0 Å². The number of aromatic amines is 1. The van der Waals surface area contributed by atoms with Crippen LogP contribution in [0.2, 0.25) is 0 Å². The van der Waals surface area contributed by atoms with Crippen molar-refractivity contribution in [2.75, 3.05) is 26.2 Å². The summed E-state index contributed by atoms with van der Waals surface area (Å²) in [6, 6.07) is 0. The number of nitrogens with one attached hydrogen (secondary N) is 2. The Morgan fingerprint density at radius 3 is 2.75 bits per heavy atom.